The minimum absolute atomic E-state index is 0.132. The Kier molecular flexibility index (Phi) is 7.08. The van der Waals surface area contributed by atoms with E-state index in [-0.39, 0.29) is 5.54 Å². The molecule has 2 N–H and O–H groups in total. The zero-order chi connectivity index (χ0) is 23.1. The van der Waals surface area contributed by atoms with Crippen LogP contribution in [0.2, 0.25) is 0 Å². The molecular formula is C28H45NO3. The van der Waals surface area contributed by atoms with Crippen molar-refractivity contribution in [1.82, 2.24) is 4.90 Å². The smallest absolute Gasteiger partial charge is 0.0811 e. The maximum Gasteiger partial charge on any atom is 0.0811 e. The van der Waals surface area contributed by atoms with Crippen LogP contribution in [-0.2, 0) is 4.74 Å². The Morgan fingerprint density at radius 3 is 2.75 bits per heavy atom. The van der Waals surface area contributed by atoms with Crippen LogP contribution >= 0.6 is 0 Å². The minimum atomic E-state index is -0.610. The number of aliphatic hydroxyl groups excluding tert-OH is 2. The lowest BCUT2D eigenvalue weighted by Gasteiger charge is -2.48. The number of allylic oxidation sites excluding steroid dienone is 3. The van der Waals surface area contributed by atoms with Gasteiger partial charge in [0.1, 0.15) is 0 Å². The topological polar surface area (TPSA) is 52.9 Å². The third-order valence-corrected chi connectivity index (χ3v) is 9.31. The van der Waals surface area contributed by atoms with Crippen molar-refractivity contribution in [3.63, 3.8) is 0 Å². The zero-order valence-corrected chi connectivity index (χ0v) is 20.8. The van der Waals surface area contributed by atoms with E-state index in [0.29, 0.717) is 30.1 Å². The summed E-state index contributed by atoms with van der Waals surface area (Å²) in [7, 11) is 0. The van der Waals surface area contributed by atoms with Gasteiger partial charge < -0.3 is 14.9 Å². The molecule has 0 aromatic carbocycles. The van der Waals surface area contributed by atoms with E-state index in [9.17, 15) is 10.2 Å². The van der Waals surface area contributed by atoms with E-state index in [1.807, 2.05) is 0 Å². The molecule has 6 atom stereocenters. The highest BCUT2D eigenvalue weighted by Gasteiger charge is 2.51. The van der Waals surface area contributed by atoms with Crippen LogP contribution in [0.25, 0.3) is 0 Å². The molecule has 4 heteroatoms. The second-order valence-corrected chi connectivity index (χ2v) is 12.0. The van der Waals surface area contributed by atoms with Crippen molar-refractivity contribution in [2.24, 2.45) is 23.2 Å². The molecule has 3 saturated carbocycles. The highest BCUT2D eigenvalue weighted by molar-refractivity contribution is 5.38. The molecule has 1 heterocycles. The van der Waals surface area contributed by atoms with Crippen LogP contribution in [-0.4, -0.2) is 59.2 Å². The first kappa shape index (κ1) is 24.2. The van der Waals surface area contributed by atoms with Crippen LogP contribution in [0.5, 0.6) is 0 Å². The molecule has 0 aromatic rings. The van der Waals surface area contributed by atoms with E-state index in [1.165, 1.54) is 38.6 Å². The third kappa shape index (κ3) is 4.66. The molecule has 1 saturated heterocycles. The number of rotatable bonds is 4. The molecule has 4 fully saturated rings. The molecule has 0 spiro atoms. The van der Waals surface area contributed by atoms with Crippen LogP contribution in [0.4, 0.5) is 0 Å². The standard InChI is InChI=1S/C28H45NO3/c1-19(17-29-13-14-32-18-27(29,3)4)24-10-11-25-21(7-6-12-28(24,25)5)8-9-22-15-23(30)16-26(31)20(22)2/h8-9,19,23-26,30-31H,2,6-7,10-18H2,1,3-5H3/b21-8+,22-9-/t19-,23-,24-,25+,26+,28-/m1/s1. The van der Waals surface area contributed by atoms with E-state index in [1.54, 1.807) is 5.57 Å². The summed E-state index contributed by atoms with van der Waals surface area (Å²) in [6.07, 6.45) is 10.8. The molecule has 4 nitrogen and oxygen atoms in total. The van der Waals surface area contributed by atoms with Gasteiger partial charge in [-0.15, -0.1) is 0 Å². The molecule has 0 bridgehead atoms. The Morgan fingerprint density at radius 1 is 1.22 bits per heavy atom. The average Bonchev–Trinajstić information content (AvgIpc) is 3.08. The third-order valence-electron chi connectivity index (χ3n) is 9.31. The molecule has 0 radical (unpaired) electrons. The van der Waals surface area contributed by atoms with E-state index < -0.39 is 12.2 Å². The molecule has 4 rings (SSSR count). The predicted molar refractivity (Wildman–Crippen MR) is 130 cm³/mol. The van der Waals surface area contributed by atoms with Crippen LogP contribution in [0.1, 0.15) is 72.6 Å². The molecule has 0 amide bonds. The molecule has 0 aromatic heterocycles. The van der Waals surface area contributed by atoms with E-state index >= 15 is 0 Å². The number of aliphatic hydroxyl groups is 2. The van der Waals surface area contributed by atoms with Gasteiger partial charge >= 0.3 is 0 Å². The number of morpholine rings is 1. The van der Waals surface area contributed by atoms with Gasteiger partial charge in [0.15, 0.2) is 0 Å². The predicted octanol–water partition coefficient (Wildman–Crippen LogP) is 4.87. The van der Waals surface area contributed by atoms with Gasteiger partial charge in [-0.3, -0.25) is 4.90 Å². The second kappa shape index (κ2) is 9.37. The Morgan fingerprint density at radius 2 is 2.00 bits per heavy atom. The van der Waals surface area contributed by atoms with Crippen molar-refractivity contribution in [2.45, 2.75) is 90.4 Å². The monoisotopic (exact) mass is 443 g/mol. The lowest BCUT2D eigenvalue weighted by molar-refractivity contribution is -0.0638. The Hall–Kier alpha value is -0.940. The maximum absolute atomic E-state index is 10.2. The first-order chi connectivity index (χ1) is 15.1. The van der Waals surface area contributed by atoms with Gasteiger partial charge in [-0.25, -0.2) is 0 Å². The van der Waals surface area contributed by atoms with Crippen molar-refractivity contribution in [3.05, 3.63) is 35.5 Å². The van der Waals surface area contributed by atoms with Gasteiger partial charge in [-0.1, -0.05) is 38.2 Å². The van der Waals surface area contributed by atoms with E-state index in [4.69, 9.17) is 4.74 Å². The van der Waals surface area contributed by atoms with Gasteiger partial charge in [0, 0.05) is 25.0 Å². The molecule has 32 heavy (non-hydrogen) atoms. The molecule has 1 aliphatic heterocycles. The van der Waals surface area contributed by atoms with Gasteiger partial charge in [-0.2, -0.15) is 0 Å². The average molecular weight is 444 g/mol. The first-order valence-electron chi connectivity index (χ1n) is 12.9. The summed E-state index contributed by atoms with van der Waals surface area (Å²) >= 11 is 0. The quantitative estimate of drug-likeness (QED) is 0.651. The Balaban J connectivity index is 1.48. The van der Waals surface area contributed by atoms with Crippen molar-refractivity contribution in [1.29, 1.82) is 0 Å². The highest BCUT2D eigenvalue weighted by atomic mass is 16.5. The van der Waals surface area contributed by atoms with Crippen molar-refractivity contribution in [3.8, 4) is 0 Å². The molecule has 4 aliphatic rings. The SMILES string of the molecule is C=C1/C(=C\C=C2/CCC[C@]3(C)[C@@H]([C@H](C)CN4CCOCC4(C)C)CC[C@@H]23)C[C@@H](O)C[C@@H]1O. The van der Waals surface area contributed by atoms with Crippen molar-refractivity contribution >= 4 is 0 Å². The van der Waals surface area contributed by atoms with Crippen molar-refractivity contribution in [2.75, 3.05) is 26.3 Å². The fraction of sp³-hybridized carbons (Fsp3) is 0.786. The Labute approximate surface area is 195 Å². The summed E-state index contributed by atoms with van der Waals surface area (Å²) in [6.45, 7) is 17.7. The number of nitrogens with zero attached hydrogens (tertiary/aromatic N) is 1. The number of hydrogen-bond donors (Lipinski definition) is 2. The van der Waals surface area contributed by atoms with Crippen molar-refractivity contribution < 1.29 is 14.9 Å². The first-order valence-corrected chi connectivity index (χ1v) is 12.9. The number of fused-ring (bicyclic) bond motifs is 1. The largest absolute Gasteiger partial charge is 0.393 e. The number of ether oxygens (including phenoxy) is 1. The fourth-order valence-electron chi connectivity index (χ4n) is 7.38. The molecule has 0 unspecified atom stereocenters. The summed E-state index contributed by atoms with van der Waals surface area (Å²) in [5.74, 6) is 2.10. The van der Waals surface area contributed by atoms with Crippen LogP contribution in [0, 0.1) is 23.2 Å². The Bertz CT molecular complexity index is 769. The molecule has 180 valence electrons. The fourth-order valence-corrected chi connectivity index (χ4v) is 7.38. The summed E-state index contributed by atoms with van der Waals surface area (Å²) in [4.78, 5) is 2.66. The molecule has 3 aliphatic carbocycles. The van der Waals surface area contributed by atoms with E-state index in [0.717, 1.165) is 36.8 Å². The number of hydrogen-bond acceptors (Lipinski definition) is 4. The lowest BCUT2D eigenvalue weighted by atomic mass is 9.61. The van der Waals surface area contributed by atoms with Crippen LogP contribution in [0.3, 0.4) is 0 Å². The maximum atomic E-state index is 10.2. The summed E-state index contributed by atoms with van der Waals surface area (Å²) in [5.41, 5.74) is 3.90. The summed E-state index contributed by atoms with van der Waals surface area (Å²) in [6, 6.07) is 0. The van der Waals surface area contributed by atoms with Gasteiger partial charge in [0.2, 0.25) is 0 Å². The second-order valence-electron chi connectivity index (χ2n) is 12.0. The zero-order valence-electron chi connectivity index (χ0n) is 20.8. The van der Waals surface area contributed by atoms with Gasteiger partial charge in [0.25, 0.3) is 0 Å². The van der Waals surface area contributed by atoms with Gasteiger partial charge in [0.05, 0.1) is 25.4 Å². The van der Waals surface area contributed by atoms with Crippen LogP contribution in [0.15, 0.2) is 35.5 Å². The van der Waals surface area contributed by atoms with Crippen LogP contribution < -0.4 is 0 Å². The van der Waals surface area contributed by atoms with Gasteiger partial charge in [-0.05, 0) is 86.7 Å². The normalized spacial score (nSPS) is 41.8. The molecular weight excluding hydrogens is 398 g/mol. The summed E-state index contributed by atoms with van der Waals surface area (Å²) in [5, 5.41) is 20.3. The van der Waals surface area contributed by atoms with E-state index in [2.05, 4.69) is 51.3 Å². The lowest BCUT2D eigenvalue weighted by Crippen LogP contribution is -2.55. The minimum Gasteiger partial charge on any atom is -0.393 e. The highest BCUT2D eigenvalue weighted by Crippen LogP contribution is 2.59. The summed E-state index contributed by atoms with van der Waals surface area (Å²) < 4.78 is 5.75.